The molecule has 0 radical (unpaired) electrons. The number of anilines is 1. The summed E-state index contributed by atoms with van der Waals surface area (Å²) in [6, 6.07) is 10.7. The summed E-state index contributed by atoms with van der Waals surface area (Å²) in [6.45, 7) is 0. The number of hydrogen-bond acceptors (Lipinski definition) is 6. The van der Waals surface area contributed by atoms with Crippen LogP contribution in [0.15, 0.2) is 51.2 Å². The number of nitrogen functional groups attached to an aromatic ring is 1. The highest BCUT2D eigenvalue weighted by molar-refractivity contribution is 7.99. The Morgan fingerprint density at radius 3 is 3.00 bits per heavy atom. The first kappa shape index (κ1) is 11.6. The van der Waals surface area contributed by atoms with Gasteiger partial charge in [-0.15, -0.1) is 0 Å². The van der Waals surface area contributed by atoms with Gasteiger partial charge in [0.15, 0.2) is 5.58 Å². The van der Waals surface area contributed by atoms with Crippen molar-refractivity contribution in [1.29, 1.82) is 5.26 Å². The molecule has 3 aromatic rings. The largest absolute Gasteiger partial charge is 0.431 e. The van der Waals surface area contributed by atoms with Crippen LogP contribution < -0.4 is 5.73 Å². The third-order valence-electron chi connectivity index (χ3n) is 2.45. The number of aromatic nitrogens is 2. The van der Waals surface area contributed by atoms with Gasteiger partial charge in [-0.2, -0.15) is 5.26 Å². The molecular formula is C13H8N4OS. The minimum absolute atomic E-state index is 0.475. The highest BCUT2D eigenvalue weighted by Crippen LogP contribution is 2.29. The first-order valence-corrected chi connectivity index (χ1v) is 6.26. The van der Waals surface area contributed by atoms with Crippen molar-refractivity contribution in [3.8, 4) is 6.07 Å². The fourth-order valence-corrected chi connectivity index (χ4v) is 2.35. The maximum Gasteiger partial charge on any atom is 0.263 e. The van der Waals surface area contributed by atoms with E-state index in [0.717, 1.165) is 0 Å². The lowest BCUT2D eigenvalue weighted by atomic mass is 10.3. The second-order valence-corrected chi connectivity index (χ2v) is 4.78. The number of benzene rings is 1. The first-order chi connectivity index (χ1) is 9.24. The van der Waals surface area contributed by atoms with Crippen molar-refractivity contribution in [1.82, 2.24) is 9.97 Å². The predicted octanol–water partition coefficient (Wildman–Crippen LogP) is 2.83. The standard InChI is InChI=1S/C13H8N4OS/c14-7-8-3-4-16-12(5-8)19-13-17-10-6-9(15)1-2-11(10)18-13/h1-6H,15H2. The molecule has 19 heavy (non-hydrogen) atoms. The molecule has 0 aliphatic rings. The van der Waals surface area contributed by atoms with Crippen molar-refractivity contribution in [2.75, 3.05) is 5.73 Å². The maximum atomic E-state index is 8.83. The number of pyridine rings is 1. The third kappa shape index (κ3) is 2.37. The lowest BCUT2D eigenvalue weighted by molar-refractivity contribution is 0.489. The molecule has 6 heteroatoms. The van der Waals surface area contributed by atoms with Crippen molar-refractivity contribution < 1.29 is 4.42 Å². The SMILES string of the molecule is N#Cc1ccnc(Sc2nc3cc(N)ccc3o2)c1. The Bertz CT molecular complexity index is 791. The lowest BCUT2D eigenvalue weighted by Crippen LogP contribution is -1.82. The Kier molecular flexibility index (Phi) is 2.82. The van der Waals surface area contributed by atoms with Crippen LogP contribution in [0.2, 0.25) is 0 Å². The molecule has 2 N–H and O–H groups in total. The Balaban J connectivity index is 1.94. The van der Waals surface area contributed by atoms with Gasteiger partial charge >= 0.3 is 0 Å². The van der Waals surface area contributed by atoms with Crippen molar-refractivity contribution in [2.24, 2.45) is 0 Å². The molecule has 0 aliphatic carbocycles. The lowest BCUT2D eigenvalue weighted by Gasteiger charge is -1.95. The molecule has 5 nitrogen and oxygen atoms in total. The molecule has 0 atom stereocenters. The van der Waals surface area contributed by atoms with Crippen LogP contribution in [0.4, 0.5) is 5.69 Å². The van der Waals surface area contributed by atoms with Gasteiger partial charge in [0, 0.05) is 11.9 Å². The zero-order valence-electron chi connectivity index (χ0n) is 9.70. The summed E-state index contributed by atoms with van der Waals surface area (Å²) in [4.78, 5) is 8.48. The number of nitrogens with zero attached hydrogens (tertiary/aromatic N) is 3. The fraction of sp³-hybridized carbons (Fsp3) is 0. The summed E-state index contributed by atoms with van der Waals surface area (Å²) in [5, 5.41) is 9.97. The average Bonchev–Trinajstić information content (AvgIpc) is 2.80. The van der Waals surface area contributed by atoms with E-state index in [0.29, 0.717) is 32.6 Å². The van der Waals surface area contributed by atoms with Crippen molar-refractivity contribution in [3.63, 3.8) is 0 Å². The molecule has 0 saturated heterocycles. The monoisotopic (exact) mass is 268 g/mol. The molecule has 0 spiro atoms. The van der Waals surface area contributed by atoms with Gasteiger partial charge in [-0.3, -0.25) is 0 Å². The normalized spacial score (nSPS) is 10.5. The van der Waals surface area contributed by atoms with E-state index in [-0.39, 0.29) is 0 Å². The van der Waals surface area contributed by atoms with E-state index in [1.165, 1.54) is 11.8 Å². The Labute approximate surface area is 113 Å². The van der Waals surface area contributed by atoms with Gasteiger partial charge in [0.25, 0.3) is 5.22 Å². The summed E-state index contributed by atoms with van der Waals surface area (Å²) in [6.07, 6.45) is 1.58. The quantitative estimate of drug-likeness (QED) is 0.719. The number of oxazole rings is 1. The van der Waals surface area contributed by atoms with Crippen LogP contribution in [-0.2, 0) is 0 Å². The van der Waals surface area contributed by atoms with Crippen LogP contribution in [-0.4, -0.2) is 9.97 Å². The molecule has 0 bridgehead atoms. The molecule has 0 unspecified atom stereocenters. The van der Waals surface area contributed by atoms with Crippen LogP contribution in [0, 0.1) is 11.3 Å². The summed E-state index contributed by atoms with van der Waals surface area (Å²) < 4.78 is 5.57. The summed E-state index contributed by atoms with van der Waals surface area (Å²) in [7, 11) is 0. The maximum absolute atomic E-state index is 8.83. The summed E-state index contributed by atoms with van der Waals surface area (Å²) in [5.74, 6) is 0. The van der Waals surface area contributed by atoms with E-state index in [9.17, 15) is 0 Å². The Morgan fingerprint density at radius 2 is 2.16 bits per heavy atom. The van der Waals surface area contributed by atoms with E-state index < -0.39 is 0 Å². The molecule has 92 valence electrons. The highest BCUT2D eigenvalue weighted by atomic mass is 32.2. The fourth-order valence-electron chi connectivity index (χ4n) is 1.59. The Hall–Kier alpha value is -2.52. The van der Waals surface area contributed by atoms with Gasteiger partial charge in [0.05, 0.1) is 11.6 Å². The van der Waals surface area contributed by atoms with Crippen molar-refractivity contribution in [3.05, 3.63) is 42.1 Å². The minimum atomic E-state index is 0.475. The van der Waals surface area contributed by atoms with Crippen molar-refractivity contribution >= 4 is 28.5 Å². The van der Waals surface area contributed by atoms with E-state index in [1.807, 2.05) is 0 Å². The summed E-state index contributed by atoms with van der Waals surface area (Å²) >= 11 is 1.27. The van der Waals surface area contributed by atoms with Crippen LogP contribution in [0.5, 0.6) is 0 Å². The van der Waals surface area contributed by atoms with E-state index in [2.05, 4.69) is 16.0 Å². The van der Waals surface area contributed by atoms with Crippen LogP contribution in [0.3, 0.4) is 0 Å². The van der Waals surface area contributed by atoms with Gasteiger partial charge < -0.3 is 10.2 Å². The number of nitriles is 1. The first-order valence-electron chi connectivity index (χ1n) is 5.45. The van der Waals surface area contributed by atoms with Gasteiger partial charge in [0.1, 0.15) is 10.5 Å². The van der Waals surface area contributed by atoms with Crippen LogP contribution in [0.25, 0.3) is 11.1 Å². The van der Waals surface area contributed by atoms with Gasteiger partial charge in [-0.25, -0.2) is 9.97 Å². The van der Waals surface area contributed by atoms with E-state index >= 15 is 0 Å². The van der Waals surface area contributed by atoms with E-state index in [4.69, 9.17) is 15.4 Å². The topological polar surface area (TPSA) is 88.7 Å². The number of hydrogen-bond donors (Lipinski definition) is 1. The molecule has 0 amide bonds. The Morgan fingerprint density at radius 1 is 1.26 bits per heavy atom. The molecule has 0 saturated carbocycles. The molecule has 0 aliphatic heterocycles. The number of nitrogens with two attached hydrogens (primary N) is 1. The third-order valence-corrected chi connectivity index (χ3v) is 3.23. The van der Waals surface area contributed by atoms with E-state index in [1.54, 1.807) is 36.5 Å². The molecule has 2 aromatic heterocycles. The second-order valence-electron chi connectivity index (χ2n) is 3.80. The number of rotatable bonds is 2. The highest BCUT2D eigenvalue weighted by Gasteiger charge is 2.09. The van der Waals surface area contributed by atoms with Crippen molar-refractivity contribution in [2.45, 2.75) is 10.2 Å². The zero-order chi connectivity index (χ0) is 13.2. The average molecular weight is 268 g/mol. The predicted molar refractivity (Wildman–Crippen MR) is 71.5 cm³/mol. The molecule has 3 rings (SSSR count). The van der Waals surface area contributed by atoms with Crippen LogP contribution in [0.1, 0.15) is 5.56 Å². The van der Waals surface area contributed by atoms with Gasteiger partial charge in [-0.05, 0) is 42.1 Å². The summed E-state index contributed by atoms with van der Waals surface area (Å²) in [5.41, 5.74) is 8.26. The second kappa shape index (κ2) is 4.63. The van der Waals surface area contributed by atoms with Gasteiger partial charge in [0.2, 0.25) is 0 Å². The molecule has 0 fully saturated rings. The smallest absolute Gasteiger partial charge is 0.263 e. The molecular weight excluding hydrogens is 260 g/mol. The zero-order valence-corrected chi connectivity index (χ0v) is 10.5. The van der Waals surface area contributed by atoms with Crippen LogP contribution >= 0.6 is 11.8 Å². The minimum Gasteiger partial charge on any atom is -0.431 e. The van der Waals surface area contributed by atoms with Gasteiger partial charge in [-0.1, -0.05) is 0 Å². The molecule has 1 aromatic carbocycles. The number of fused-ring (bicyclic) bond motifs is 1. The molecule has 2 heterocycles.